The van der Waals surface area contributed by atoms with Crippen LogP contribution in [-0.2, 0) is 4.74 Å². The van der Waals surface area contributed by atoms with E-state index in [1.165, 1.54) is 31.3 Å². The molecule has 0 bridgehead atoms. The smallest absolute Gasteiger partial charge is 0.275 e. The molecule has 1 atom stereocenters. The van der Waals surface area contributed by atoms with Gasteiger partial charge < -0.3 is 20.1 Å². The van der Waals surface area contributed by atoms with E-state index in [4.69, 9.17) is 9.47 Å². The van der Waals surface area contributed by atoms with Gasteiger partial charge in [-0.05, 0) is 30.9 Å². The summed E-state index contributed by atoms with van der Waals surface area (Å²) < 4.78 is 25.5. The number of nitrogens with zero attached hydrogens (tertiary/aromatic N) is 2. The first kappa shape index (κ1) is 20.4. The Bertz CT molecular complexity index is 811. The minimum absolute atomic E-state index is 0. The van der Waals surface area contributed by atoms with Crippen molar-refractivity contribution in [2.75, 3.05) is 31.6 Å². The van der Waals surface area contributed by atoms with Gasteiger partial charge in [-0.25, -0.2) is 14.4 Å². The summed E-state index contributed by atoms with van der Waals surface area (Å²) in [4.78, 5) is 20.4. The van der Waals surface area contributed by atoms with Crippen LogP contribution in [0.1, 0.15) is 35.0 Å². The number of benzene rings is 1. The number of ether oxygens (including phenoxy) is 2. The van der Waals surface area contributed by atoms with Gasteiger partial charge in [-0.1, -0.05) is 6.07 Å². The fraction of sp³-hybridized carbons (Fsp3) is 0.421. The Kier molecular flexibility index (Phi) is 6.77. The van der Waals surface area contributed by atoms with Crippen molar-refractivity contribution in [2.24, 2.45) is 5.92 Å². The van der Waals surface area contributed by atoms with E-state index < -0.39 is 11.7 Å². The normalized spacial score (nSPS) is 18.8. The lowest BCUT2D eigenvalue weighted by atomic mass is 10.1. The molecular formula is C19H22ClFN4O3. The van der Waals surface area contributed by atoms with Crippen molar-refractivity contribution in [3.8, 4) is 5.88 Å². The number of carbonyl (C=O) groups is 1. The summed E-state index contributed by atoms with van der Waals surface area (Å²) in [6.07, 6.45) is 4.83. The highest BCUT2D eigenvalue weighted by molar-refractivity contribution is 6.02. The number of carbonyl (C=O) groups excluding carboxylic acids is 1. The second-order valence-corrected chi connectivity index (χ2v) is 6.75. The quantitative estimate of drug-likeness (QED) is 0.764. The van der Waals surface area contributed by atoms with Crippen LogP contribution in [0.2, 0.25) is 0 Å². The van der Waals surface area contributed by atoms with Crippen LogP contribution in [0.25, 0.3) is 0 Å². The maximum absolute atomic E-state index is 14.4. The van der Waals surface area contributed by atoms with E-state index in [-0.39, 0.29) is 24.2 Å². The molecule has 4 rings (SSSR count). The predicted molar refractivity (Wildman–Crippen MR) is 103 cm³/mol. The standard InChI is InChI=1S/C19H21FN4O3.ClH/c20-15-7-13(3-4-14(15)17-9-21-5-6-26-17)24-19(25)16-8-23-18(10-22-16)27-11-12-1-2-12;/h3-4,7-8,10,12,17,21H,1-2,5-6,9,11H2,(H,24,25);1H. The zero-order chi connectivity index (χ0) is 18.6. The van der Waals surface area contributed by atoms with E-state index in [1.807, 2.05) is 0 Å². The Morgan fingerprint density at radius 1 is 1.32 bits per heavy atom. The minimum Gasteiger partial charge on any atom is -0.476 e. The van der Waals surface area contributed by atoms with Crippen molar-refractivity contribution >= 4 is 24.0 Å². The fourth-order valence-electron chi connectivity index (χ4n) is 2.82. The van der Waals surface area contributed by atoms with E-state index in [2.05, 4.69) is 20.6 Å². The first-order valence-electron chi connectivity index (χ1n) is 9.07. The number of hydrogen-bond donors (Lipinski definition) is 2. The van der Waals surface area contributed by atoms with Gasteiger partial charge in [0, 0.05) is 24.3 Å². The largest absolute Gasteiger partial charge is 0.476 e. The molecule has 1 aliphatic carbocycles. The van der Waals surface area contributed by atoms with Crippen LogP contribution < -0.4 is 15.4 Å². The van der Waals surface area contributed by atoms with Gasteiger partial charge in [-0.2, -0.15) is 0 Å². The lowest BCUT2D eigenvalue weighted by Gasteiger charge is -2.24. The summed E-state index contributed by atoms with van der Waals surface area (Å²) >= 11 is 0. The Morgan fingerprint density at radius 2 is 2.18 bits per heavy atom. The molecule has 0 spiro atoms. The Morgan fingerprint density at radius 3 is 2.82 bits per heavy atom. The molecule has 1 aliphatic heterocycles. The lowest BCUT2D eigenvalue weighted by molar-refractivity contribution is 0.0255. The van der Waals surface area contributed by atoms with Crippen LogP contribution in [0.4, 0.5) is 10.1 Å². The predicted octanol–water partition coefficient (Wildman–Crippen LogP) is 2.74. The first-order valence-corrected chi connectivity index (χ1v) is 9.07. The summed E-state index contributed by atoms with van der Waals surface area (Å²) in [5.41, 5.74) is 0.955. The van der Waals surface area contributed by atoms with Gasteiger partial charge >= 0.3 is 0 Å². The number of morpholine rings is 1. The van der Waals surface area contributed by atoms with Crippen LogP contribution in [-0.4, -0.2) is 42.2 Å². The summed E-state index contributed by atoms with van der Waals surface area (Å²) in [6, 6.07) is 4.56. The van der Waals surface area contributed by atoms with Gasteiger partial charge in [0.15, 0.2) is 0 Å². The van der Waals surface area contributed by atoms with Crippen LogP contribution in [0.3, 0.4) is 0 Å². The van der Waals surface area contributed by atoms with E-state index >= 15 is 0 Å². The number of amides is 1. The van der Waals surface area contributed by atoms with Crippen molar-refractivity contribution in [3.63, 3.8) is 0 Å². The summed E-state index contributed by atoms with van der Waals surface area (Å²) in [5.74, 6) is 0.132. The molecule has 150 valence electrons. The third-order valence-electron chi connectivity index (χ3n) is 4.56. The van der Waals surface area contributed by atoms with Gasteiger partial charge in [0.25, 0.3) is 5.91 Å². The van der Waals surface area contributed by atoms with Crippen molar-refractivity contribution < 1.29 is 18.7 Å². The van der Waals surface area contributed by atoms with Crippen LogP contribution in [0.5, 0.6) is 5.88 Å². The number of nitrogens with one attached hydrogen (secondary N) is 2. The molecule has 2 fully saturated rings. The second kappa shape index (κ2) is 9.27. The zero-order valence-electron chi connectivity index (χ0n) is 15.2. The number of hydrogen-bond acceptors (Lipinski definition) is 6. The van der Waals surface area contributed by atoms with Gasteiger partial charge in [0.05, 0.1) is 31.7 Å². The molecule has 2 aliphatic rings. The highest BCUT2D eigenvalue weighted by Crippen LogP contribution is 2.29. The molecule has 2 heterocycles. The van der Waals surface area contributed by atoms with Crippen molar-refractivity contribution in [1.29, 1.82) is 0 Å². The molecule has 2 N–H and O–H groups in total. The summed E-state index contributed by atoms with van der Waals surface area (Å²) in [6.45, 7) is 2.50. The highest BCUT2D eigenvalue weighted by atomic mass is 35.5. The van der Waals surface area contributed by atoms with Gasteiger partial charge in [-0.3, -0.25) is 4.79 Å². The molecule has 28 heavy (non-hydrogen) atoms. The SMILES string of the molecule is Cl.O=C(Nc1ccc(C2CNCCO2)c(F)c1)c1cnc(OCC2CC2)cn1. The van der Waals surface area contributed by atoms with E-state index in [1.54, 1.807) is 12.1 Å². The topological polar surface area (TPSA) is 85.4 Å². The van der Waals surface area contributed by atoms with Crippen LogP contribution in [0.15, 0.2) is 30.6 Å². The third kappa shape index (κ3) is 5.15. The summed E-state index contributed by atoms with van der Waals surface area (Å²) in [5, 5.41) is 5.80. The molecule has 1 amide bonds. The molecular weight excluding hydrogens is 387 g/mol. The molecule has 0 radical (unpaired) electrons. The molecule has 1 aromatic carbocycles. The van der Waals surface area contributed by atoms with Gasteiger partial charge in [0.1, 0.15) is 11.5 Å². The van der Waals surface area contributed by atoms with E-state index in [0.29, 0.717) is 42.8 Å². The number of anilines is 1. The Labute approximate surface area is 168 Å². The fourth-order valence-corrected chi connectivity index (χ4v) is 2.82. The molecule has 9 heteroatoms. The molecule has 1 aromatic heterocycles. The monoisotopic (exact) mass is 408 g/mol. The van der Waals surface area contributed by atoms with Gasteiger partial charge in [0.2, 0.25) is 5.88 Å². The zero-order valence-corrected chi connectivity index (χ0v) is 16.0. The number of rotatable bonds is 6. The Balaban J connectivity index is 0.00000225. The molecule has 1 saturated heterocycles. The molecule has 7 nitrogen and oxygen atoms in total. The summed E-state index contributed by atoms with van der Waals surface area (Å²) in [7, 11) is 0. The third-order valence-corrected chi connectivity index (χ3v) is 4.56. The number of aromatic nitrogens is 2. The maximum Gasteiger partial charge on any atom is 0.275 e. The highest BCUT2D eigenvalue weighted by Gasteiger charge is 2.22. The van der Waals surface area contributed by atoms with Crippen molar-refractivity contribution in [2.45, 2.75) is 18.9 Å². The number of halogens is 2. The lowest BCUT2D eigenvalue weighted by Crippen LogP contribution is -2.33. The average molecular weight is 409 g/mol. The average Bonchev–Trinajstić information content (AvgIpc) is 3.52. The molecule has 2 aromatic rings. The van der Waals surface area contributed by atoms with Gasteiger partial charge in [-0.15, -0.1) is 12.4 Å². The second-order valence-electron chi connectivity index (χ2n) is 6.75. The maximum atomic E-state index is 14.4. The molecule has 1 unspecified atom stereocenters. The van der Waals surface area contributed by atoms with Crippen LogP contribution >= 0.6 is 12.4 Å². The first-order chi connectivity index (χ1) is 13.2. The van der Waals surface area contributed by atoms with Crippen molar-refractivity contribution in [3.05, 3.63) is 47.7 Å². The van der Waals surface area contributed by atoms with Crippen LogP contribution in [0, 0.1) is 11.7 Å². The minimum atomic E-state index is -0.459. The van der Waals surface area contributed by atoms with E-state index in [9.17, 15) is 9.18 Å². The molecule has 1 saturated carbocycles. The Hall–Kier alpha value is -2.29. The van der Waals surface area contributed by atoms with E-state index in [0.717, 1.165) is 6.54 Å². The van der Waals surface area contributed by atoms with Crippen molar-refractivity contribution in [1.82, 2.24) is 15.3 Å².